The summed E-state index contributed by atoms with van der Waals surface area (Å²) in [5.41, 5.74) is 3.56. The van der Waals surface area contributed by atoms with Gasteiger partial charge in [-0.15, -0.1) is 0 Å². The average Bonchev–Trinajstić information content (AvgIpc) is 2.64. The normalized spacial score (nSPS) is 14.5. The molecule has 1 fully saturated rings. The highest BCUT2D eigenvalue weighted by Crippen LogP contribution is 2.16. The van der Waals surface area contributed by atoms with Gasteiger partial charge in [-0.3, -0.25) is 4.79 Å². The molecule has 0 aromatic heterocycles. The summed E-state index contributed by atoms with van der Waals surface area (Å²) >= 11 is 0. The second-order valence-corrected chi connectivity index (χ2v) is 6.25. The smallest absolute Gasteiger partial charge is 0.224 e. The van der Waals surface area contributed by atoms with Crippen molar-refractivity contribution in [3.63, 3.8) is 0 Å². The lowest BCUT2D eigenvalue weighted by molar-refractivity contribution is -0.131. The van der Waals surface area contributed by atoms with Crippen molar-refractivity contribution in [2.24, 2.45) is 0 Å². The van der Waals surface area contributed by atoms with Crippen molar-refractivity contribution >= 4 is 17.3 Å². The Hall–Kier alpha value is -2.49. The Bertz CT molecular complexity index is 646. The maximum absolute atomic E-state index is 12.4. The zero-order chi connectivity index (χ0) is 16.8. The number of rotatable bonds is 5. The number of piperazine rings is 1. The molecule has 126 valence electrons. The second kappa shape index (κ2) is 7.86. The summed E-state index contributed by atoms with van der Waals surface area (Å²) in [5.74, 6) is 0.238. The van der Waals surface area contributed by atoms with E-state index in [1.807, 2.05) is 11.0 Å². The molecule has 4 heteroatoms. The fourth-order valence-electron chi connectivity index (χ4n) is 3.00. The Morgan fingerprint density at radius 3 is 2.29 bits per heavy atom. The van der Waals surface area contributed by atoms with Gasteiger partial charge in [0.15, 0.2) is 0 Å². The third-order valence-corrected chi connectivity index (χ3v) is 4.47. The first-order valence-electron chi connectivity index (χ1n) is 8.61. The summed E-state index contributed by atoms with van der Waals surface area (Å²) in [6.45, 7) is 6.17. The van der Waals surface area contributed by atoms with E-state index in [0.29, 0.717) is 13.0 Å². The molecular weight excluding hydrogens is 298 g/mol. The van der Waals surface area contributed by atoms with Crippen molar-refractivity contribution in [1.29, 1.82) is 0 Å². The van der Waals surface area contributed by atoms with Crippen LogP contribution >= 0.6 is 0 Å². The van der Waals surface area contributed by atoms with E-state index in [2.05, 4.69) is 65.7 Å². The lowest BCUT2D eigenvalue weighted by atomic mass is 10.2. The van der Waals surface area contributed by atoms with E-state index in [1.54, 1.807) is 0 Å². The molecule has 2 aromatic rings. The van der Waals surface area contributed by atoms with Crippen LogP contribution in [0.4, 0.5) is 11.4 Å². The average molecular weight is 323 g/mol. The molecule has 0 saturated carbocycles. The predicted octanol–water partition coefficient (Wildman–Crippen LogP) is 3.15. The molecule has 1 amide bonds. The molecule has 24 heavy (non-hydrogen) atoms. The van der Waals surface area contributed by atoms with Crippen molar-refractivity contribution in [2.45, 2.75) is 13.3 Å². The zero-order valence-electron chi connectivity index (χ0n) is 14.2. The molecule has 0 unspecified atom stereocenters. The number of carbonyl (C=O) groups is 1. The van der Waals surface area contributed by atoms with Gasteiger partial charge in [-0.25, -0.2) is 0 Å². The molecule has 2 aromatic carbocycles. The number of carbonyl (C=O) groups excluding carboxylic acids is 1. The maximum Gasteiger partial charge on any atom is 0.224 e. The molecule has 1 heterocycles. The van der Waals surface area contributed by atoms with Gasteiger partial charge in [0.1, 0.15) is 0 Å². The number of amides is 1. The van der Waals surface area contributed by atoms with Crippen molar-refractivity contribution in [1.82, 2.24) is 4.90 Å². The van der Waals surface area contributed by atoms with Crippen molar-refractivity contribution in [3.8, 4) is 0 Å². The first kappa shape index (κ1) is 16.4. The number of aryl methyl sites for hydroxylation is 1. The van der Waals surface area contributed by atoms with E-state index in [9.17, 15) is 4.79 Å². The van der Waals surface area contributed by atoms with Crippen LogP contribution in [0.2, 0.25) is 0 Å². The highest BCUT2D eigenvalue weighted by atomic mass is 16.2. The van der Waals surface area contributed by atoms with Crippen LogP contribution in [0, 0.1) is 6.92 Å². The third kappa shape index (κ3) is 4.28. The third-order valence-electron chi connectivity index (χ3n) is 4.47. The minimum absolute atomic E-state index is 0.238. The lowest BCUT2D eigenvalue weighted by Gasteiger charge is -2.36. The number of nitrogens with one attached hydrogen (secondary N) is 1. The molecule has 1 aliphatic rings. The Kier molecular flexibility index (Phi) is 5.36. The van der Waals surface area contributed by atoms with Gasteiger partial charge in [0.2, 0.25) is 5.91 Å². The molecular formula is C20H25N3O. The van der Waals surface area contributed by atoms with Gasteiger partial charge in [0, 0.05) is 50.5 Å². The Morgan fingerprint density at radius 1 is 0.958 bits per heavy atom. The van der Waals surface area contributed by atoms with Gasteiger partial charge < -0.3 is 15.1 Å². The molecule has 3 rings (SSSR count). The van der Waals surface area contributed by atoms with E-state index >= 15 is 0 Å². The van der Waals surface area contributed by atoms with Gasteiger partial charge >= 0.3 is 0 Å². The number of nitrogens with zero attached hydrogens (tertiary/aromatic N) is 2. The van der Waals surface area contributed by atoms with Gasteiger partial charge in [-0.2, -0.15) is 0 Å². The standard InChI is InChI=1S/C20H25N3O/c1-17-7-9-18(10-8-17)21-12-11-20(24)23-15-13-22(14-16-23)19-5-3-2-4-6-19/h2-10,21H,11-16H2,1H3. The molecule has 1 N–H and O–H groups in total. The molecule has 0 atom stereocenters. The fourth-order valence-corrected chi connectivity index (χ4v) is 3.00. The van der Waals surface area contributed by atoms with Gasteiger partial charge in [-0.1, -0.05) is 35.9 Å². The van der Waals surface area contributed by atoms with Crippen LogP contribution in [0.25, 0.3) is 0 Å². The van der Waals surface area contributed by atoms with E-state index in [-0.39, 0.29) is 5.91 Å². The molecule has 0 aliphatic carbocycles. The van der Waals surface area contributed by atoms with E-state index in [1.165, 1.54) is 11.3 Å². The lowest BCUT2D eigenvalue weighted by Crippen LogP contribution is -2.49. The zero-order valence-corrected chi connectivity index (χ0v) is 14.2. The van der Waals surface area contributed by atoms with Crippen molar-refractivity contribution in [2.75, 3.05) is 42.9 Å². The summed E-state index contributed by atoms with van der Waals surface area (Å²) in [6.07, 6.45) is 0.541. The van der Waals surface area contributed by atoms with Crippen molar-refractivity contribution < 1.29 is 4.79 Å². The van der Waals surface area contributed by atoms with Crippen LogP contribution < -0.4 is 10.2 Å². The van der Waals surface area contributed by atoms with Gasteiger partial charge in [0.25, 0.3) is 0 Å². The molecule has 0 spiro atoms. The molecule has 1 aliphatic heterocycles. The first-order chi connectivity index (χ1) is 11.7. The fraction of sp³-hybridized carbons (Fsp3) is 0.350. The van der Waals surface area contributed by atoms with Crippen LogP contribution in [-0.2, 0) is 4.79 Å². The predicted molar refractivity (Wildman–Crippen MR) is 99.5 cm³/mol. The second-order valence-electron chi connectivity index (χ2n) is 6.25. The number of anilines is 2. The number of hydrogen-bond donors (Lipinski definition) is 1. The van der Waals surface area contributed by atoms with E-state index in [0.717, 1.165) is 31.9 Å². The van der Waals surface area contributed by atoms with Crippen LogP contribution in [-0.4, -0.2) is 43.5 Å². The highest BCUT2D eigenvalue weighted by Gasteiger charge is 2.20. The minimum Gasteiger partial charge on any atom is -0.385 e. The van der Waals surface area contributed by atoms with Crippen LogP contribution in [0.5, 0.6) is 0 Å². The molecule has 0 bridgehead atoms. The molecule has 0 radical (unpaired) electrons. The quantitative estimate of drug-likeness (QED) is 0.918. The molecule has 1 saturated heterocycles. The topological polar surface area (TPSA) is 35.6 Å². The first-order valence-corrected chi connectivity index (χ1v) is 8.61. The Labute approximate surface area is 144 Å². The van der Waals surface area contributed by atoms with Crippen LogP contribution in [0.1, 0.15) is 12.0 Å². The van der Waals surface area contributed by atoms with E-state index < -0.39 is 0 Å². The van der Waals surface area contributed by atoms with Crippen LogP contribution in [0.3, 0.4) is 0 Å². The number of benzene rings is 2. The Balaban J connectivity index is 1.41. The summed E-state index contributed by atoms with van der Waals surface area (Å²) in [4.78, 5) is 16.7. The van der Waals surface area contributed by atoms with E-state index in [4.69, 9.17) is 0 Å². The summed E-state index contributed by atoms with van der Waals surface area (Å²) < 4.78 is 0. The maximum atomic E-state index is 12.4. The monoisotopic (exact) mass is 323 g/mol. The SMILES string of the molecule is Cc1ccc(NCCC(=O)N2CCN(c3ccccc3)CC2)cc1. The summed E-state index contributed by atoms with van der Waals surface area (Å²) in [5, 5.41) is 3.32. The van der Waals surface area contributed by atoms with Gasteiger partial charge in [-0.05, 0) is 31.2 Å². The summed E-state index contributed by atoms with van der Waals surface area (Å²) in [7, 11) is 0. The number of para-hydroxylation sites is 1. The largest absolute Gasteiger partial charge is 0.385 e. The van der Waals surface area contributed by atoms with Crippen molar-refractivity contribution in [3.05, 3.63) is 60.2 Å². The summed E-state index contributed by atoms with van der Waals surface area (Å²) in [6, 6.07) is 18.7. The molecule has 4 nitrogen and oxygen atoms in total. The minimum atomic E-state index is 0.238. The Morgan fingerprint density at radius 2 is 1.62 bits per heavy atom. The van der Waals surface area contributed by atoms with Gasteiger partial charge in [0.05, 0.1) is 0 Å². The van der Waals surface area contributed by atoms with Crippen LogP contribution in [0.15, 0.2) is 54.6 Å². The number of hydrogen-bond acceptors (Lipinski definition) is 3. The highest BCUT2D eigenvalue weighted by molar-refractivity contribution is 5.77.